The standard InChI is InChI=1S/C15H24O3Si/c1-11-7-8-12(10-14(16)17)9-13(11)18-19(5,6)15(2,3)4/h7-9H,10H2,1-6H3,(H,16,17). The minimum absolute atomic E-state index is 0.0359. The first-order valence-electron chi connectivity index (χ1n) is 6.53. The molecule has 1 rings (SSSR count). The quantitative estimate of drug-likeness (QED) is 0.848. The van der Waals surface area contributed by atoms with Gasteiger partial charge in [0.2, 0.25) is 8.32 Å². The molecule has 0 bridgehead atoms. The van der Waals surface area contributed by atoms with Crippen LogP contribution in [-0.4, -0.2) is 19.4 Å². The normalized spacial score (nSPS) is 12.3. The molecule has 0 aliphatic heterocycles. The van der Waals surface area contributed by atoms with Gasteiger partial charge in [-0.1, -0.05) is 32.9 Å². The molecule has 0 radical (unpaired) electrons. The fourth-order valence-corrected chi connectivity index (χ4v) is 2.54. The summed E-state index contributed by atoms with van der Waals surface area (Å²) in [6, 6.07) is 5.65. The van der Waals surface area contributed by atoms with Gasteiger partial charge in [-0.05, 0) is 42.2 Å². The molecule has 0 atom stereocenters. The van der Waals surface area contributed by atoms with E-state index in [1.165, 1.54) is 0 Å². The summed E-state index contributed by atoms with van der Waals surface area (Å²) in [5.41, 5.74) is 1.84. The fraction of sp³-hybridized carbons (Fsp3) is 0.533. The van der Waals surface area contributed by atoms with Gasteiger partial charge in [0, 0.05) is 0 Å². The van der Waals surface area contributed by atoms with E-state index in [0.29, 0.717) is 0 Å². The van der Waals surface area contributed by atoms with E-state index in [4.69, 9.17) is 9.53 Å². The number of hydrogen-bond donors (Lipinski definition) is 1. The molecule has 1 aromatic carbocycles. The van der Waals surface area contributed by atoms with Crippen molar-refractivity contribution >= 4 is 14.3 Å². The molecule has 3 nitrogen and oxygen atoms in total. The summed E-state index contributed by atoms with van der Waals surface area (Å²) in [5.74, 6) is 0.00692. The van der Waals surface area contributed by atoms with Crippen LogP contribution >= 0.6 is 0 Å². The molecule has 0 saturated heterocycles. The second-order valence-corrected chi connectivity index (χ2v) is 11.3. The zero-order chi connectivity index (χ0) is 14.8. The topological polar surface area (TPSA) is 46.5 Å². The highest BCUT2D eigenvalue weighted by Gasteiger charge is 2.39. The Kier molecular flexibility index (Phi) is 4.45. The van der Waals surface area contributed by atoms with Crippen molar-refractivity contribution in [3.63, 3.8) is 0 Å². The van der Waals surface area contributed by atoms with Crippen LogP contribution in [0.2, 0.25) is 18.1 Å². The number of benzene rings is 1. The summed E-state index contributed by atoms with van der Waals surface area (Å²) in [7, 11) is -1.89. The number of rotatable bonds is 4. The Morgan fingerprint density at radius 3 is 2.37 bits per heavy atom. The van der Waals surface area contributed by atoms with Crippen molar-refractivity contribution in [3.8, 4) is 5.75 Å². The van der Waals surface area contributed by atoms with Gasteiger partial charge < -0.3 is 9.53 Å². The molecule has 0 unspecified atom stereocenters. The summed E-state index contributed by atoms with van der Waals surface area (Å²) < 4.78 is 6.27. The van der Waals surface area contributed by atoms with Gasteiger partial charge in [0.05, 0.1) is 6.42 Å². The van der Waals surface area contributed by atoms with Crippen LogP contribution in [0, 0.1) is 6.92 Å². The lowest BCUT2D eigenvalue weighted by molar-refractivity contribution is -0.136. The van der Waals surface area contributed by atoms with E-state index >= 15 is 0 Å². The van der Waals surface area contributed by atoms with E-state index in [-0.39, 0.29) is 11.5 Å². The summed E-state index contributed by atoms with van der Waals surface area (Å²) in [4.78, 5) is 10.8. The summed E-state index contributed by atoms with van der Waals surface area (Å²) in [6.07, 6.45) is 0.0359. The largest absolute Gasteiger partial charge is 0.543 e. The Morgan fingerprint density at radius 2 is 1.89 bits per heavy atom. The van der Waals surface area contributed by atoms with Crippen LogP contribution in [0.15, 0.2) is 18.2 Å². The molecule has 0 aromatic heterocycles. The zero-order valence-electron chi connectivity index (χ0n) is 12.7. The first-order valence-corrected chi connectivity index (χ1v) is 9.44. The third kappa shape index (κ3) is 4.09. The summed E-state index contributed by atoms with van der Waals surface area (Å²) >= 11 is 0. The van der Waals surface area contributed by atoms with Crippen molar-refractivity contribution in [3.05, 3.63) is 29.3 Å². The highest BCUT2D eigenvalue weighted by atomic mass is 28.4. The number of carboxylic acid groups (broad SMARTS) is 1. The van der Waals surface area contributed by atoms with Crippen LogP contribution in [0.25, 0.3) is 0 Å². The first-order chi connectivity index (χ1) is 8.53. The molecule has 0 heterocycles. The van der Waals surface area contributed by atoms with E-state index in [1.807, 2.05) is 25.1 Å². The highest BCUT2D eigenvalue weighted by Crippen LogP contribution is 2.38. The van der Waals surface area contributed by atoms with E-state index in [1.54, 1.807) is 0 Å². The van der Waals surface area contributed by atoms with Crippen LogP contribution in [-0.2, 0) is 11.2 Å². The maximum absolute atomic E-state index is 10.8. The third-order valence-electron chi connectivity index (χ3n) is 3.78. The van der Waals surface area contributed by atoms with Crippen LogP contribution in [0.3, 0.4) is 0 Å². The monoisotopic (exact) mass is 280 g/mol. The Bertz CT molecular complexity index is 473. The van der Waals surface area contributed by atoms with Crippen LogP contribution in [0.1, 0.15) is 31.9 Å². The van der Waals surface area contributed by atoms with Gasteiger partial charge in [0.25, 0.3) is 0 Å². The summed E-state index contributed by atoms with van der Waals surface area (Å²) in [5, 5.41) is 8.98. The number of aliphatic carboxylic acids is 1. The predicted octanol–water partition coefficient (Wildman–Crippen LogP) is 4.01. The van der Waals surface area contributed by atoms with E-state index < -0.39 is 14.3 Å². The highest BCUT2D eigenvalue weighted by molar-refractivity contribution is 6.74. The van der Waals surface area contributed by atoms with Crippen LogP contribution in [0.5, 0.6) is 5.75 Å². The number of carbonyl (C=O) groups is 1. The van der Waals surface area contributed by atoms with Gasteiger partial charge in [-0.3, -0.25) is 4.79 Å². The van der Waals surface area contributed by atoms with E-state index in [2.05, 4.69) is 33.9 Å². The molecule has 0 aliphatic rings. The molecular weight excluding hydrogens is 256 g/mol. The minimum atomic E-state index is -1.89. The Hall–Kier alpha value is -1.29. The maximum Gasteiger partial charge on any atom is 0.307 e. The van der Waals surface area contributed by atoms with Crippen molar-refractivity contribution < 1.29 is 14.3 Å². The third-order valence-corrected chi connectivity index (χ3v) is 8.12. The fourth-order valence-electron chi connectivity index (χ4n) is 1.47. The van der Waals surface area contributed by atoms with Crippen molar-refractivity contribution in [2.45, 2.75) is 52.2 Å². The average Bonchev–Trinajstić information content (AvgIpc) is 2.20. The van der Waals surface area contributed by atoms with Crippen molar-refractivity contribution in [2.75, 3.05) is 0 Å². The molecule has 0 aliphatic carbocycles. The molecule has 106 valence electrons. The van der Waals surface area contributed by atoms with Crippen LogP contribution < -0.4 is 4.43 Å². The van der Waals surface area contributed by atoms with Crippen molar-refractivity contribution in [2.24, 2.45) is 0 Å². The summed E-state index contributed by atoms with van der Waals surface area (Å²) in [6.45, 7) is 12.9. The second kappa shape index (κ2) is 5.37. The number of hydrogen-bond acceptors (Lipinski definition) is 2. The van der Waals surface area contributed by atoms with Gasteiger partial charge in [-0.15, -0.1) is 0 Å². The molecule has 19 heavy (non-hydrogen) atoms. The maximum atomic E-state index is 10.8. The van der Waals surface area contributed by atoms with Crippen molar-refractivity contribution in [1.82, 2.24) is 0 Å². The smallest absolute Gasteiger partial charge is 0.307 e. The van der Waals surface area contributed by atoms with E-state index in [9.17, 15) is 4.79 Å². The van der Waals surface area contributed by atoms with Gasteiger partial charge in [-0.2, -0.15) is 0 Å². The van der Waals surface area contributed by atoms with Crippen molar-refractivity contribution in [1.29, 1.82) is 0 Å². The molecule has 0 spiro atoms. The minimum Gasteiger partial charge on any atom is -0.543 e. The Labute approximate surface area is 116 Å². The van der Waals surface area contributed by atoms with Gasteiger partial charge in [0.15, 0.2) is 0 Å². The molecule has 1 N–H and O–H groups in total. The molecule has 0 fully saturated rings. The lowest BCUT2D eigenvalue weighted by Crippen LogP contribution is -2.44. The molecule has 1 aromatic rings. The van der Waals surface area contributed by atoms with Gasteiger partial charge in [0.1, 0.15) is 5.75 Å². The molecule has 0 amide bonds. The zero-order valence-corrected chi connectivity index (χ0v) is 13.7. The second-order valence-electron chi connectivity index (χ2n) is 6.53. The Morgan fingerprint density at radius 1 is 1.32 bits per heavy atom. The van der Waals surface area contributed by atoms with E-state index in [0.717, 1.165) is 16.9 Å². The predicted molar refractivity (Wildman–Crippen MR) is 80.3 cm³/mol. The molecule has 4 heteroatoms. The molecule has 0 saturated carbocycles. The number of carboxylic acids is 1. The number of aryl methyl sites for hydroxylation is 1. The lowest BCUT2D eigenvalue weighted by atomic mass is 10.1. The van der Waals surface area contributed by atoms with Gasteiger partial charge in [-0.25, -0.2) is 0 Å². The molecular formula is C15H24O3Si. The lowest BCUT2D eigenvalue weighted by Gasteiger charge is -2.37. The van der Waals surface area contributed by atoms with Crippen LogP contribution in [0.4, 0.5) is 0 Å². The average molecular weight is 280 g/mol. The first kappa shape index (κ1) is 15.8. The SMILES string of the molecule is Cc1ccc(CC(=O)O)cc1O[Si](C)(C)C(C)(C)C. The Balaban J connectivity index is 3.04. The van der Waals surface area contributed by atoms with Gasteiger partial charge >= 0.3 is 5.97 Å².